The molecule has 5 rings (SSSR count). The number of nitrogens with zero attached hydrogens (tertiary/aromatic N) is 3. The first-order valence-electron chi connectivity index (χ1n) is 9.96. The quantitative estimate of drug-likeness (QED) is 0.499. The minimum Gasteiger partial charge on any atom is -0.496 e. The molecule has 2 aromatic carbocycles. The summed E-state index contributed by atoms with van der Waals surface area (Å²) >= 11 is 0. The van der Waals surface area contributed by atoms with Crippen molar-refractivity contribution in [1.82, 2.24) is 15.0 Å². The Hall–Kier alpha value is -3.61. The molecule has 7 nitrogen and oxygen atoms in total. The first-order valence-corrected chi connectivity index (χ1v) is 9.96. The second kappa shape index (κ2) is 7.67. The highest BCUT2D eigenvalue weighted by Gasteiger charge is 2.28. The highest BCUT2D eigenvalue weighted by Crippen LogP contribution is 2.32. The Balaban J connectivity index is 1.28. The van der Waals surface area contributed by atoms with Crippen LogP contribution in [0.2, 0.25) is 0 Å². The molecule has 0 unspecified atom stereocenters. The van der Waals surface area contributed by atoms with E-state index in [4.69, 9.17) is 13.7 Å². The third kappa shape index (κ3) is 3.32. The maximum atomic E-state index is 13.0. The number of likely N-dealkylation sites (tertiary alicyclic amines) is 1. The van der Waals surface area contributed by atoms with Crippen molar-refractivity contribution in [3.05, 3.63) is 66.2 Å². The number of amides is 1. The van der Waals surface area contributed by atoms with Crippen LogP contribution >= 0.6 is 0 Å². The molecule has 4 aromatic rings. The zero-order valence-electron chi connectivity index (χ0n) is 16.6. The summed E-state index contributed by atoms with van der Waals surface area (Å²) in [6.45, 7) is 1.26. The van der Waals surface area contributed by atoms with Crippen LogP contribution in [-0.2, 0) is 0 Å². The predicted molar refractivity (Wildman–Crippen MR) is 110 cm³/mol. The number of fused-ring (bicyclic) bond motifs is 1. The molecule has 0 saturated carbocycles. The Morgan fingerprint density at radius 2 is 1.93 bits per heavy atom. The molecule has 7 heteroatoms. The van der Waals surface area contributed by atoms with Crippen LogP contribution in [0.3, 0.4) is 0 Å². The van der Waals surface area contributed by atoms with Gasteiger partial charge in [0.25, 0.3) is 5.91 Å². The number of aromatic nitrogens is 2. The van der Waals surface area contributed by atoms with Crippen LogP contribution in [0.4, 0.5) is 0 Å². The number of carbonyl (C=O) groups excluding carboxylic acids is 1. The van der Waals surface area contributed by atoms with E-state index in [-0.39, 0.29) is 11.8 Å². The van der Waals surface area contributed by atoms with Gasteiger partial charge in [-0.15, -0.1) is 0 Å². The Labute approximate surface area is 173 Å². The van der Waals surface area contributed by atoms with Crippen LogP contribution < -0.4 is 4.74 Å². The fourth-order valence-electron chi connectivity index (χ4n) is 3.95. The first kappa shape index (κ1) is 18.4. The van der Waals surface area contributed by atoms with Crippen molar-refractivity contribution in [2.75, 3.05) is 20.2 Å². The number of carbonyl (C=O) groups is 1. The monoisotopic (exact) mass is 403 g/mol. The maximum Gasteiger partial charge on any atom is 0.254 e. The molecular weight excluding hydrogens is 382 g/mol. The van der Waals surface area contributed by atoms with Crippen molar-refractivity contribution in [3.63, 3.8) is 0 Å². The average Bonchev–Trinajstić information content (AvgIpc) is 3.48. The smallest absolute Gasteiger partial charge is 0.254 e. The molecule has 0 radical (unpaired) electrons. The van der Waals surface area contributed by atoms with E-state index in [1.54, 1.807) is 25.5 Å². The van der Waals surface area contributed by atoms with E-state index in [0.29, 0.717) is 41.7 Å². The standard InChI is InChI=1S/C23H21N3O4/c1-28-19-13-17(14-20-18(19)9-12-29-20)23(27)26-10-7-16(8-11-26)22-24-21(25-30-22)15-5-3-2-4-6-15/h2-6,9,12-14,16H,7-8,10-11H2,1H3. The second-order valence-electron chi connectivity index (χ2n) is 7.40. The van der Waals surface area contributed by atoms with Crippen molar-refractivity contribution in [2.45, 2.75) is 18.8 Å². The number of benzene rings is 2. The molecule has 152 valence electrons. The lowest BCUT2D eigenvalue weighted by Gasteiger charge is -2.30. The molecule has 3 heterocycles. The summed E-state index contributed by atoms with van der Waals surface area (Å²) < 4.78 is 16.4. The lowest BCUT2D eigenvalue weighted by atomic mass is 9.96. The average molecular weight is 403 g/mol. The number of hydrogen-bond acceptors (Lipinski definition) is 6. The molecule has 0 atom stereocenters. The number of piperidine rings is 1. The highest BCUT2D eigenvalue weighted by atomic mass is 16.5. The number of ether oxygens (including phenoxy) is 1. The lowest BCUT2D eigenvalue weighted by molar-refractivity contribution is 0.0704. The fourth-order valence-corrected chi connectivity index (χ4v) is 3.95. The number of furan rings is 1. The molecule has 1 aliphatic heterocycles. The third-order valence-corrected chi connectivity index (χ3v) is 5.61. The van der Waals surface area contributed by atoms with Gasteiger partial charge in [-0.1, -0.05) is 35.5 Å². The van der Waals surface area contributed by atoms with Crippen molar-refractivity contribution >= 4 is 16.9 Å². The summed E-state index contributed by atoms with van der Waals surface area (Å²) in [5.74, 6) is 2.00. The van der Waals surface area contributed by atoms with Crippen LogP contribution in [-0.4, -0.2) is 41.1 Å². The van der Waals surface area contributed by atoms with Crippen molar-refractivity contribution in [1.29, 1.82) is 0 Å². The predicted octanol–water partition coefficient (Wildman–Crippen LogP) is 4.51. The van der Waals surface area contributed by atoms with Crippen LogP contribution in [0.5, 0.6) is 5.75 Å². The minimum atomic E-state index is -0.0273. The largest absolute Gasteiger partial charge is 0.496 e. The fraction of sp³-hybridized carbons (Fsp3) is 0.261. The van der Waals surface area contributed by atoms with Gasteiger partial charge < -0.3 is 18.6 Å². The van der Waals surface area contributed by atoms with E-state index in [1.807, 2.05) is 41.3 Å². The second-order valence-corrected chi connectivity index (χ2v) is 7.40. The van der Waals surface area contributed by atoms with E-state index in [0.717, 1.165) is 23.8 Å². The highest BCUT2D eigenvalue weighted by molar-refractivity contribution is 5.99. The molecule has 2 aromatic heterocycles. The van der Waals surface area contributed by atoms with Gasteiger partial charge >= 0.3 is 0 Å². The molecule has 1 saturated heterocycles. The van der Waals surface area contributed by atoms with Crippen molar-refractivity contribution in [2.24, 2.45) is 0 Å². The summed E-state index contributed by atoms with van der Waals surface area (Å²) in [5.41, 5.74) is 2.14. The van der Waals surface area contributed by atoms with Gasteiger partial charge in [0.1, 0.15) is 11.3 Å². The van der Waals surface area contributed by atoms with Crippen LogP contribution in [0.1, 0.15) is 35.0 Å². The molecule has 1 aliphatic rings. The van der Waals surface area contributed by atoms with Gasteiger partial charge in [-0.05, 0) is 31.0 Å². The summed E-state index contributed by atoms with van der Waals surface area (Å²) in [6, 6.07) is 15.2. The van der Waals surface area contributed by atoms with Gasteiger partial charge in [-0.2, -0.15) is 4.98 Å². The summed E-state index contributed by atoms with van der Waals surface area (Å²) in [4.78, 5) is 19.5. The molecule has 0 spiro atoms. The Kier molecular flexibility index (Phi) is 4.71. The molecule has 1 fully saturated rings. The summed E-state index contributed by atoms with van der Waals surface area (Å²) in [5, 5.41) is 4.97. The molecular formula is C23H21N3O4. The van der Waals surface area contributed by atoms with Crippen LogP contribution in [0, 0.1) is 0 Å². The van der Waals surface area contributed by atoms with Gasteiger partial charge in [0.15, 0.2) is 0 Å². The number of rotatable bonds is 4. The molecule has 0 N–H and O–H groups in total. The van der Waals surface area contributed by atoms with Gasteiger partial charge in [0.2, 0.25) is 11.7 Å². The van der Waals surface area contributed by atoms with Crippen molar-refractivity contribution in [3.8, 4) is 17.1 Å². The first-order chi connectivity index (χ1) is 14.7. The number of hydrogen-bond donors (Lipinski definition) is 0. The third-order valence-electron chi connectivity index (χ3n) is 5.61. The SMILES string of the molecule is COc1cc(C(=O)N2CCC(c3nc(-c4ccccc4)no3)CC2)cc2occc12. The van der Waals surface area contributed by atoms with Gasteiger partial charge in [0.05, 0.1) is 18.8 Å². The Morgan fingerprint density at radius 3 is 2.70 bits per heavy atom. The number of methoxy groups -OCH3 is 1. The van der Waals surface area contributed by atoms with Gasteiger partial charge in [0, 0.05) is 30.1 Å². The van der Waals surface area contributed by atoms with E-state index in [9.17, 15) is 4.79 Å². The Bertz CT molecular complexity index is 1170. The molecule has 0 bridgehead atoms. The zero-order chi connectivity index (χ0) is 20.5. The molecule has 30 heavy (non-hydrogen) atoms. The van der Waals surface area contributed by atoms with Crippen LogP contribution in [0.25, 0.3) is 22.4 Å². The van der Waals surface area contributed by atoms with Gasteiger partial charge in [-0.25, -0.2) is 0 Å². The molecule has 1 amide bonds. The summed E-state index contributed by atoms with van der Waals surface area (Å²) in [6.07, 6.45) is 3.16. The minimum absolute atomic E-state index is 0.0273. The van der Waals surface area contributed by atoms with E-state index >= 15 is 0 Å². The van der Waals surface area contributed by atoms with E-state index < -0.39 is 0 Å². The zero-order valence-corrected chi connectivity index (χ0v) is 16.6. The van der Waals surface area contributed by atoms with Crippen molar-refractivity contribution < 1.29 is 18.5 Å². The summed E-state index contributed by atoms with van der Waals surface area (Å²) in [7, 11) is 1.59. The normalized spacial score (nSPS) is 14.9. The lowest BCUT2D eigenvalue weighted by Crippen LogP contribution is -2.38. The Morgan fingerprint density at radius 1 is 1.13 bits per heavy atom. The topological polar surface area (TPSA) is 81.6 Å². The van der Waals surface area contributed by atoms with Gasteiger partial charge in [-0.3, -0.25) is 4.79 Å². The maximum absolute atomic E-state index is 13.0. The van der Waals surface area contributed by atoms with E-state index in [1.165, 1.54) is 0 Å². The van der Waals surface area contributed by atoms with Crippen LogP contribution in [0.15, 0.2) is 63.7 Å². The molecule has 0 aliphatic carbocycles. The van der Waals surface area contributed by atoms with E-state index in [2.05, 4.69) is 10.1 Å².